The second-order valence-corrected chi connectivity index (χ2v) is 5.12. The quantitative estimate of drug-likeness (QED) is 0.829. The molecule has 1 aromatic heterocycles. The van der Waals surface area contributed by atoms with Gasteiger partial charge in [0.05, 0.1) is 17.1 Å². The molecule has 19 heavy (non-hydrogen) atoms. The number of rotatable bonds is 2. The fourth-order valence-electron chi connectivity index (χ4n) is 3.00. The smallest absolute Gasteiger partial charge is 0.222 e. The van der Waals surface area contributed by atoms with Crippen LogP contribution in [0.5, 0.6) is 0 Å². The number of likely N-dealkylation sites (tertiary alicyclic amines) is 1. The summed E-state index contributed by atoms with van der Waals surface area (Å²) in [5.41, 5.74) is 2.14. The molecule has 1 amide bonds. The molecule has 0 aliphatic carbocycles. The van der Waals surface area contributed by atoms with Gasteiger partial charge in [-0.2, -0.15) is 0 Å². The third-order valence-corrected chi connectivity index (χ3v) is 4.00. The van der Waals surface area contributed by atoms with Gasteiger partial charge in [0.15, 0.2) is 0 Å². The first kappa shape index (κ1) is 12.2. The predicted molar refractivity (Wildman–Crippen MR) is 74.7 cm³/mol. The highest BCUT2D eigenvalue weighted by Crippen LogP contribution is 2.33. The molecule has 4 nitrogen and oxygen atoms in total. The molecule has 0 bridgehead atoms. The van der Waals surface area contributed by atoms with E-state index in [4.69, 9.17) is 4.98 Å². The van der Waals surface area contributed by atoms with Gasteiger partial charge in [-0.25, -0.2) is 4.98 Å². The normalized spacial score (nSPS) is 19.3. The Bertz CT molecular complexity index is 617. The number of fused-ring (bicyclic) bond motifs is 1. The number of nitrogens with zero attached hydrogens (tertiary/aromatic N) is 3. The number of hydrogen-bond donors (Lipinski definition) is 0. The van der Waals surface area contributed by atoms with Crippen molar-refractivity contribution >= 4 is 16.9 Å². The number of amides is 1. The van der Waals surface area contributed by atoms with Crippen molar-refractivity contribution in [3.8, 4) is 0 Å². The molecule has 0 saturated carbocycles. The topological polar surface area (TPSA) is 38.1 Å². The summed E-state index contributed by atoms with van der Waals surface area (Å²) in [5.74, 6) is 1.25. The van der Waals surface area contributed by atoms with Crippen LogP contribution >= 0.6 is 0 Å². The molecule has 1 aliphatic heterocycles. The maximum atomic E-state index is 12.0. The minimum absolute atomic E-state index is 0.143. The number of hydrogen-bond acceptors (Lipinski definition) is 2. The highest BCUT2D eigenvalue weighted by Gasteiger charge is 2.32. The molecule has 0 spiro atoms. The van der Waals surface area contributed by atoms with Crippen LogP contribution < -0.4 is 0 Å². The van der Waals surface area contributed by atoms with Crippen LogP contribution in [0.2, 0.25) is 0 Å². The SMILES string of the molecule is CCC(=O)N1CCC[C@@H]1c1nc2ccccc2n1C. The van der Waals surface area contributed by atoms with E-state index in [9.17, 15) is 4.79 Å². The van der Waals surface area contributed by atoms with Gasteiger partial charge in [0.1, 0.15) is 5.82 Å². The molecular formula is C15H19N3O. The lowest BCUT2D eigenvalue weighted by Gasteiger charge is -2.23. The van der Waals surface area contributed by atoms with E-state index in [1.165, 1.54) is 0 Å². The van der Waals surface area contributed by atoms with Crippen molar-refractivity contribution in [1.29, 1.82) is 0 Å². The largest absolute Gasteiger partial charge is 0.333 e. The van der Waals surface area contributed by atoms with Crippen LogP contribution in [0.4, 0.5) is 0 Å². The molecule has 3 rings (SSSR count). The molecule has 1 fully saturated rings. The molecule has 1 aliphatic rings. The average molecular weight is 257 g/mol. The van der Waals surface area contributed by atoms with E-state index in [1.54, 1.807) is 0 Å². The second-order valence-electron chi connectivity index (χ2n) is 5.12. The minimum atomic E-state index is 0.143. The molecule has 2 aromatic rings. The summed E-state index contributed by atoms with van der Waals surface area (Å²) in [6.45, 7) is 2.78. The number of aryl methyl sites for hydroxylation is 1. The monoisotopic (exact) mass is 257 g/mol. The number of aromatic nitrogens is 2. The molecular weight excluding hydrogens is 238 g/mol. The van der Waals surface area contributed by atoms with Gasteiger partial charge in [-0.15, -0.1) is 0 Å². The van der Waals surface area contributed by atoms with E-state index in [0.29, 0.717) is 6.42 Å². The zero-order valence-electron chi connectivity index (χ0n) is 11.5. The summed E-state index contributed by atoms with van der Waals surface area (Å²) in [5, 5.41) is 0. The summed E-state index contributed by atoms with van der Waals surface area (Å²) >= 11 is 0. The van der Waals surface area contributed by atoms with Crippen molar-refractivity contribution in [3.63, 3.8) is 0 Å². The molecule has 1 atom stereocenters. The summed E-state index contributed by atoms with van der Waals surface area (Å²) in [7, 11) is 2.04. The molecule has 1 saturated heterocycles. The van der Waals surface area contributed by atoms with Crippen molar-refractivity contribution < 1.29 is 4.79 Å². The Morgan fingerprint density at radius 1 is 1.42 bits per heavy atom. The Morgan fingerprint density at radius 3 is 2.95 bits per heavy atom. The first-order valence-electron chi connectivity index (χ1n) is 6.93. The fraction of sp³-hybridized carbons (Fsp3) is 0.467. The van der Waals surface area contributed by atoms with Gasteiger partial charge in [0, 0.05) is 20.0 Å². The Morgan fingerprint density at radius 2 is 2.21 bits per heavy atom. The van der Waals surface area contributed by atoms with E-state index >= 15 is 0 Å². The maximum Gasteiger partial charge on any atom is 0.222 e. The van der Waals surface area contributed by atoms with Gasteiger partial charge in [-0.1, -0.05) is 19.1 Å². The Balaban J connectivity index is 2.04. The molecule has 0 radical (unpaired) electrons. The summed E-state index contributed by atoms with van der Waals surface area (Å²) < 4.78 is 2.13. The standard InChI is InChI=1S/C15H19N3O/c1-3-14(19)18-10-6-9-13(18)15-16-11-7-4-5-8-12(11)17(15)2/h4-5,7-8,13H,3,6,9-10H2,1-2H3/t13-/m1/s1. The van der Waals surface area contributed by atoms with Crippen LogP contribution in [0.25, 0.3) is 11.0 Å². The third kappa shape index (κ3) is 1.91. The van der Waals surface area contributed by atoms with E-state index < -0.39 is 0 Å². The van der Waals surface area contributed by atoms with E-state index in [0.717, 1.165) is 36.2 Å². The average Bonchev–Trinajstić information content (AvgIpc) is 3.03. The lowest BCUT2D eigenvalue weighted by Crippen LogP contribution is -2.31. The van der Waals surface area contributed by atoms with E-state index in [1.807, 2.05) is 37.1 Å². The van der Waals surface area contributed by atoms with Crippen LogP contribution in [-0.2, 0) is 11.8 Å². The van der Waals surface area contributed by atoms with Crippen LogP contribution in [0.1, 0.15) is 38.1 Å². The van der Waals surface area contributed by atoms with Crippen molar-refractivity contribution in [2.24, 2.45) is 7.05 Å². The van der Waals surface area contributed by atoms with Crippen LogP contribution in [-0.4, -0.2) is 26.9 Å². The molecule has 0 N–H and O–H groups in total. The lowest BCUT2D eigenvalue weighted by molar-refractivity contribution is -0.131. The number of imidazole rings is 1. The van der Waals surface area contributed by atoms with Crippen LogP contribution in [0.3, 0.4) is 0 Å². The van der Waals surface area contributed by atoms with Gasteiger partial charge < -0.3 is 9.47 Å². The lowest BCUT2D eigenvalue weighted by atomic mass is 10.2. The molecule has 1 aromatic carbocycles. The van der Waals surface area contributed by atoms with Gasteiger partial charge in [-0.05, 0) is 25.0 Å². The first-order valence-corrected chi connectivity index (χ1v) is 6.93. The third-order valence-electron chi connectivity index (χ3n) is 4.00. The van der Waals surface area contributed by atoms with Gasteiger partial charge in [0.2, 0.25) is 5.91 Å². The predicted octanol–water partition coefficient (Wildman–Crippen LogP) is 2.65. The molecule has 4 heteroatoms. The first-order chi connectivity index (χ1) is 9.22. The van der Waals surface area contributed by atoms with Crippen molar-refractivity contribution in [3.05, 3.63) is 30.1 Å². The molecule has 2 heterocycles. The van der Waals surface area contributed by atoms with E-state index in [-0.39, 0.29) is 11.9 Å². The number of carbonyl (C=O) groups is 1. The van der Waals surface area contributed by atoms with Gasteiger partial charge in [-0.3, -0.25) is 4.79 Å². The minimum Gasteiger partial charge on any atom is -0.333 e. The van der Waals surface area contributed by atoms with Gasteiger partial charge >= 0.3 is 0 Å². The number of carbonyl (C=O) groups excluding carboxylic acids is 1. The Labute approximate surface area is 113 Å². The van der Waals surface area contributed by atoms with Crippen LogP contribution in [0, 0.1) is 0 Å². The highest BCUT2D eigenvalue weighted by molar-refractivity contribution is 5.78. The maximum absolute atomic E-state index is 12.0. The van der Waals surface area contributed by atoms with Crippen LogP contribution in [0.15, 0.2) is 24.3 Å². The Hall–Kier alpha value is -1.84. The zero-order valence-corrected chi connectivity index (χ0v) is 11.5. The highest BCUT2D eigenvalue weighted by atomic mass is 16.2. The fourth-order valence-corrected chi connectivity index (χ4v) is 3.00. The zero-order chi connectivity index (χ0) is 13.4. The van der Waals surface area contributed by atoms with Crippen molar-refractivity contribution in [2.45, 2.75) is 32.2 Å². The molecule has 0 unspecified atom stereocenters. The van der Waals surface area contributed by atoms with Crippen molar-refractivity contribution in [1.82, 2.24) is 14.5 Å². The number of benzene rings is 1. The summed E-state index contributed by atoms with van der Waals surface area (Å²) in [4.78, 5) is 18.7. The van der Waals surface area contributed by atoms with Crippen molar-refractivity contribution in [2.75, 3.05) is 6.54 Å². The van der Waals surface area contributed by atoms with Gasteiger partial charge in [0.25, 0.3) is 0 Å². The number of para-hydroxylation sites is 2. The molecule has 100 valence electrons. The Kier molecular flexibility index (Phi) is 3.01. The van der Waals surface area contributed by atoms with E-state index in [2.05, 4.69) is 10.6 Å². The second kappa shape index (κ2) is 4.68. The summed E-state index contributed by atoms with van der Waals surface area (Å²) in [6.07, 6.45) is 2.66. The summed E-state index contributed by atoms with van der Waals surface area (Å²) in [6, 6.07) is 8.27.